The van der Waals surface area contributed by atoms with Gasteiger partial charge >= 0.3 is 0 Å². The van der Waals surface area contributed by atoms with Crippen molar-refractivity contribution in [2.75, 3.05) is 30.9 Å². The van der Waals surface area contributed by atoms with Crippen LogP contribution in [0.4, 0.5) is 11.5 Å². The fraction of sp³-hybridized carbons (Fsp3) is 0.160. The molecule has 0 saturated carbocycles. The predicted molar refractivity (Wildman–Crippen MR) is 134 cm³/mol. The van der Waals surface area contributed by atoms with Gasteiger partial charge in [0.05, 0.1) is 37.8 Å². The molecule has 1 amide bonds. The van der Waals surface area contributed by atoms with Gasteiger partial charge in [0, 0.05) is 24.5 Å². The van der Waals surface area contributed by atoms with Gasteiger partial charge in [-0.1, -0.05) is 30.3 Å². The van der Waals surface area contributed by atoms with Crippen molar-refractivity contribution in [2.45, 2.75) is 6.54 Å². The molecule has 4 heterocycles. The Labute approximate surface area is 206 Å². The topological polar surface area (TPSA) is 131 Å². The van der Waals surface area contributed by atoms with E-state index in [9.17, 15) is 4.79 Å². The number of fused-ring (bicyclic) bond motifs is 1. The standard InChI is InChI=1S/C25H24N8O3/c1-36-25-20(24(35)31-19-13-29-32(15-19)14-17-5-3-2-4-6-17)11-18(12-27-25)21-7-8-22-23(26-9-10-34)28-16-30-33(21)22/h2-8,11-13,15-16,34H,9-10,14H2,1H3,(H,31,35)(H,26,28,30). The third-order valence-corrected chi connectivity index (χ3v) is 5.52. The molecule has 0 aliphatic heterocycles. The highest BCUT2D eigenvalue weighted by molar-refractivity contribution is 6.06. The highest BCUT2D eigenvalue weighted by Crippen LogP contribution is 2.28. The lowest BCUT2D eigenvalue weighted by molar-refractivity contribution is 0.102. The maximum atomic E-state index is 13.2. The number of hydrogen-bond donors (Lipinski definition) is 3. The van der Waals surface area contributed by atoms with E-state index < -0.39 is 0 Å². The normalized spacial score (nSPS) is 10.9. The third-order valence-electron chi connectivity index (χ3n) is 5.52. The number of carbonyl (C=O) groups is 1. The summed E-state index contributed by atoms with van der Waals surface area (Å²) in [5.41, 5.74) is 4.06. The van der Waals surface area contributed by atoms with Crippen LogP contribution in [0.3, 0.4) is 0 Å². The Bertz CT molecular complexity index is 1500. The summed E-state index contributed by atoms with van der Waals surface area (Å²) in [5, 5.41) is 23.7. The van der Waals surface area contributed by atoms with Crippen LogP contribution >= 0.6 is 0 Å². The van der Waals surface area contributed by atoms with Gasteiger partial charge in [0.1, 0.15) is 17.4 Å². The molecule has 0 atom stereocenters. The van der Waals surface area contributed by atoms with Crippen LogP contribution in [0.1, 0.15) is 15.9 Å². The maximum absolute atomic E-state index is 13.2. The van der Waals surface area contributed by atoms with Crippen LogP contribution < -0.4 is 15.4 Å². The van der Waals surface area contributed by atoms with Crippen LogP contribution in [0.15, 0.2) is 73.4 Å². The SMILES string of the molecule is COc1ncc(-c2ccc3c(NCCO)ncnn23)cc1C(=O)Nc1cnn(Cc2ccccc2)c1. The van der Waals surface area contributed by atoms with Gasteiger partial charge in [-0.05, 0) is 23.8 Å². The second-order valence-corrected chi connectivity index (χ2v) is 7.92. The van der Waals surface area contributed by atoms with E-state index in [0.29, 0.717) is 30.2 Å². The number of pyridine rings is 1. The van der Waals surface area contributed by atoms with Gasteiger partial charge < -0.3 is 20.5 Å². The van der Waals surface area contributed by atoms with Crippen molar-refractivity contribution >= 4 is 22.9 Å². The van der Waals surface area contributed by atoms with Gasteiger partial charge in [-0.15, -0.1) is 0 Å². The molecule has 3 N–H and O–H groups in total. The van der Waals surface area contributed by atoms with Gasteiger partial charge in [-0.2, -0.15) is 10.2 Å². The van der Waals surface area contributed by atoms with Gasteiger partial charge in [0.15, 0.2) is 5.82 Å². The Morgan fingerprint density at radius 1 is 1.08 bits per heavy atom. The molecule has 1 aromatic carbocycles. The Morgan fingerprint density at radius 3 is 2.75 bits per heavy atom. The highest BCUT2D eigenvalue weighted by Gasteiger charge is 2.18. The van der Waals surface area contributed by atoms with Crippen LogP contribution in [0.5, 0.6) is 5.88 Å². The van der Waals surface area contributed by atoms with E-state index >= 15 is 0 Å². The molecule has 0 aliphatic rings. The van der Waals surface area contributed by atoms with E-state index in [1.165, 1.54) is 13.4 Å². The van der Waals surface area contributed by atoms with E-state index in [0.717, 1.165) is 16.8 Å². The number of benzene rings is 1. The van der Waals surface area contributed by atoms with Crippen molar-refractivity contribution in [1.29, 1.82) is 0 Å². The number of ether oxygens (including phenoxy) is 1. The number of anilines is 2. The van der Waals surface area contributed by atoms with E-state index in [1.807, 2.05) is 42.5 Å². The van der Waals surface area contributed by atoms with E-state index in [2.05, 4.69) is 30.8 Å². The van der Waals surface area contributed by atoms with E-state index in [-0.39, 0.29) is 24.0 Å². The number of nitrogens with one attached hydrogen (secondary N) is 2. The maximum Gasteiger partial charge on any atom is 0.261 e. The second kappa shape index (κ2) is 10.2. The summed E-state index contributed by atoms with van der Waals surface area (Å²) >= 11 is 0. The largest absolute Gasteiger partial charge is 0.480 e. The first-order valence-electron chi connectivity index (χ1n) is 11.3. The average molecular weight is 485 g/mol. The molecule has 0 aliphatic carbocycles. The first kappa shape index (κ1) is 23.0. The molecule has 0 unspecified atom stereocenters. The fourth-order valence-electron chi connectivity index (χ4n) is 3.86. The molecule has 11 nitrogen and oxygen atoms in total. The minimum atomic E-state index is -0.374. The first-order chi connectivity index (χ1) is 17.7. The monoisotopic (exact) mass is 484 g/mol. The lowest BCUT2D eigenvalue weighted by atomic mass is 10.1. The summed E-state index contributed by atoms with van der Waals surface area (Å²) in [4.78, 5) is 21.8. The van der Waals surface area contributed by atoms with Crippen molar-refractivity contribution in [2.24, 2.45) is 0 Å². The number of aromatic nitrogens is 6. The molecular formula is C25H24N8O3. The van der Waals surface area contributed by atoms with Crippen molar-refractivity contribution in [3.05, 3.63) is 84.6 Å². The zero-order valence-electron chi connectivity index (χ0n) is 19.5. The Morgan fingerprint density at radius 2 is 1.94 bits per heavy atom. The van der Waals surface area contributed by atoms with Crippen LogP contribution in [-0.2, 0) is 6.54 Å². The quantitative estimate of drug-likeness (QED) is 0.291. The fourth-order valence-corrected chi connectivity index (χ4v) is 3.86. The molecule has 0 bridgehead atoms. The van der Waals surface area contributed by atoms with Gasteiger partial charge in [-0.25, -0.2) is 14.5 Å². The first-order valence-corrected chi connectivity index (χ1v) is 11.3. The summed E-state index contributed by atoms with van der Waals surface area (Å²) in [6, 6.07) is 15.4. The molecule has 11 heteroatoms. The summed E-state index contributed by atoms with van der Waals surface area (Å²) in [5.74, 6) is 0.423. The number of carbonyl (C=O) groups excluding carboxylic acids is 1. The molecular weight excluding hydrogens is 460 g/mol. The van der Waals surface area contributed by atoms with Gasteiger partial charge in [0.25, 0.3) is 5.91 Å². The molecule has 36 heavy (non-hydrogen) atoms. The second-order valence-electron chi connectivity index (χ2n) is 7.92. The van der Waals surface area contributed by atoms with Crippen LogP contribution in [-0.4, -0.2) is 60.6 Å². The molecule has 0 saturated heterocycles. The Kier molecular flexibility index (Phi) is 6.54. The molecule has 0 spiro atoms. The average Bonchev–Trinajstić information content (AvgIpc) is 3.54. The summed E-state index contributed by atoms with van der Waals surface area (Å²) < 4.78 is 8.81. The minimum Gasteiger partial charge on any atom is -0.480 e. The Balaban J connectivity index is 1.40. The number of nitrogens with zero attached hydrogens (tertiary/aromatic N) is 6. The molecule has 0 radical (unpaired) electrons. The number of hydrogen-bond acceptors (Lipinski definition) is 8. The van der Waals surface area contributed by atoms with E-state index in [4.69, 9.17) is 9.84 Å². The molecule has 4 aromatic heterocycles. The van der Waals surface area contributed by atoms with E-state index in [1.54, 1.807) is 33.9 Å². The number of aliphatic hydroxyl groups excluding tert-OH is 1. The van der Waals surface area contributed by atoms with Gasteiger partial charge in [0.2, 0.25) is 5.88 Å². The third kappa shape index (κ3) is 4.72. The van der Waals surface area contributed by atoms with Crippen molar-refractivity contribution in [3.63, 3.8) is 0 Å². The number of amides is 1. The smallest absolute Gasteiger partial charge is 0.261 e. The summed E-state index contributed by atoms with van der Waals surface area (Å²) in [6.45, 7) is 0.939. The van der Waals surface area contributed by atoms with Crippen molar-refractivity contribution in [1.82, 2.24) is 29.4 Å². The van der Waals surface area contributed by atoms with Crippen LogP contribution in [0, 0.1) is 0 Å². The predicted octanol–water partition coefficient (Wildman–Crippen LogP) is 2.70. The number of aliphatic hydroxyl groups is 1. The molecule has 0 fully saturated rings. The Hall–Kier alpha value is -4.77. The zero-order chi connectivity index (χ0) is 24.9. The molecule has 5 rings (SSSR count). The van der Waals surface area contributed by atoms with Crippen LogP contribution in [0.25, 0.3) is 16.8 Å². The summed E-state index contributed by atoms with van der Waals surface area (Å²) in [7, 11) is 1.47. The summed E-state index contributed by atoms with van der Waals surface area (Å²) in [6.07, 6.45) is 6.42. The van der Waals surface area contributed by atoms with Gasteiger partial charge in [-0.3, -0.25) is 9.48 Å². The lowest BCUT2D eigenvalue weighted by Crippen LogP contribution is -2.14. The van der Waals surface area contributed by atoms with Crippen LogP contribution in [0.2, 0.25) is 0 Å². The zero-order valence-corrected chi connectivity index (χ0v) is 19.5. The highest BCUT2D eigenvalue weighted by atomic mass is 16.5. The van der Waals surface area contributed by atoms with Crippen molar-refractivity contribution < 1.29 is 14.6 Å². The number of methoxy groups -OCH3 is 1. The molecule has 5 aromatic rings. The lowest BCUT2D eigenvalue weighted by Gasteiger charge is -2.10. The number of rotatable bonds is 9. The van der Waals surface area contributed by atoms with Crippen molar-refractivity contribution in [3.8, 4) is 17.1 Å². The molecule has 182 valence electrons. The minimum absolute atomic E-state index is 0.0181.